The van der Waals surface area contributed by atoms with Crippen molar-refractivity contribution in [1.29, 1.82) is 0 Å². The van der Waals surface area contributed by atoms with Crippen molar-refractivity contribution in [2.24, 2.45) is 0 Å². The summed E-state index contributed by atoms with van der Waals surface area (Å²) in [6.45, 7) is 1.71. The number of aromatic amines is 1. The number of halogens is 1. The fourth-order valence-corrected chi connectivity index (χ4v) is 2.87. The standard InChI is InChI=1S/C16H16N2O2.ClH/c1-18-9-15-12(6-8-19-15)16(10-18)20-14-4-2-3-13-11(14)5-7-17-13;/h2-8,16-17H,9-10H2,1H3;1H. The number of benzene rings is 1. The van der Waals surface area contributed by atoms with E-state index in [-0.39, 0.29) is 18.5 Å². The van der Waals surface area contributed by atoms with Crippen LogP contribution in [0, 0.1) is 0 Å². The van der Waals surface area contributed by atoms with Gasteiger partial charge >= 0.3 is 0 Å². The van der Waals surface area contributed by atoms with Crippen LogP contribution in [0.2, 0.25) is 0 Å². The quantitative estimate of drug-likeness (QED) is 0.784. The number of aromatic nitrogens is 1. The molecule has 0 saturated carbocycles. The van der Waals surface area contributed by atoms with Crippen LogP contribution in [0.3, 0.4) is 0 Å². The maximum atomic E-state index is 6.26. The fourth-order valence-electron chi connectivity index (χ4n) is 2.87. The second-order valence-corrected chi connectivity index (χ2v) is 5.30. The van der Waals surface area contributed by atoms with Gasteiger partial charge in [-0.05, 0) is 31.3 Å². The molecule has 1 N–H and O–H groups in total. The lowest BCUT2D eigenvalue weighted by atomic mass is 10.1. The summed E-state index contributed by atoms with van der Waals surface area (Å²) in [5, 5.41) is 1.12. The Morgan fingerprint density at radius 2 is 2.19 bits per heavy atom. The van der Waals surface area contributed by atoms with Crippen molar-refractivity contribution in [2.45, 2.75) is 12.6 Å². The number of ether oxygens (including phenoxy) is 1. The van der Waals surface area contributed by atoms with E-state index in [2.05, 4.69) is 23.0 Å². The van der Waals surface area contributed by atoms with Crippen molar-refractivity contribution in [3.63, 3.8) is 0 Å². The Morgan fingerprint density at radius 3 is 3.10 bits per heavy atom. The molecule has 1 aliphatic heterocycles. The minimum Gasteiger partial charge on any atom is -0.484 e. The Labute approximate surface area is 129 Å². The van der Waals surface area contributed by atoms with Gasteiger partial charge in [0.25, 0.3) is 0 Å². The van der Waals surface area contributed by atoms with Crippen molar-refractivity contribution in [1.82, 2.24) is 9.88 Å². The molecule has 0 spiro atoms. The second-order valence-electron chi connectivity index (χ2n) is 5.30. The van der Waals surface area contributed by atoms with Crippen LogP contribution in [0.5, 0.6) is 5.75 Å². The third-order valence-electron chi connectivity index (χ3n) is 3.84. The predicted octanol–water partition coefficient (Wildman–Crippen LogP) is 3.75. The van der Waals surface area contributed by atoms with Crippen molar-refractivity contribution < 1.29 is 9.15 Å². The van der Waals surface area contributed by atoms with E-state index in [0.717, 1.165) is 41.1 Å². The summed E-state index contributed by atoms with van der Waals surface area (Å²) < 4.78 is 11.8. The predicted molar refractivity (Wildman–Crippen MR) is 84.0 cm³/mol. The first-order valence-electron chi connectivity index (χ1n) is 6.79. The summed E-state index contributed by atoms with van der Waals surface area (Å²) in [5.41, 5.74) is 2.26. The highest BCUT2D eigenvalue weighted by molar-refractivity contribution is 5.86. The minimum absolute atomic E-state index is 0. The summed E-state index contributed by atoms with van der Waals surface area (Å²) in [5.74, 6) is 1.92. The van der Waals surface area contributed by atoms with E-state index < -0.39 is 0 Å². The number of furan rings is 1. The molecule has 3 aromatic rings. The SMILES string of the molecule is CN1Cc2occc2C(Oc2cccc3[nH]ccc23)C1.Cl. The van der Waals surface area contributed by atoms with Gasteiger partial charge in [0.2, 0.25) is 0 Å². The van der Waals surface area contributed by atoms with Gasteiger partial charge in [0, 0.05) is 29.2 Å². The van der Waals surface area contributed by atoms with Gasteiger partial charge in [-0.3, -0.25) is 4.90 Å². The monoisotopic (exact) mass is 304 g/mol. The van der Waals surface area contributed by atoms with Crippen LogP contribution in [0.1, 0.15) is 17.4 Å². The minimum atomic E-state index is 0. The van der Waals surface area contributed by atoms with Crippen molar-refractivity contribution in [2.75, 3.05) is 13.6 Å². The number of likely N-dealkylation sites (N-methyl/N-ethyl adjacent to an activating group) is 1. The average molecular weight is 305 g/mol. The molecule has 110 valence electrons. The molecule has 1 unspecified atom stereocenters. The van der Waals surface area contributed by atoms with Gasteiger partial charge < -0.3 is 14.1 Å². The Kier molecular flexibility index (Phi) is 3.66. The van der Waals surface area contributed by atoms with Crippen LogP contribution < -0.4 is 4.74 Å². The summed E-state index contributed by atoms with van der Waals surface area (Å²) in [6, 6.07) is 10.2. The van der Waals surface area contributed by atoms with Gasteiger partial charge in [0.15, 0.2) is 0 Å². The van der Waals surface area contributed by atoms with Crippen molar-refractivity contribution >= 4 is 23.3 Å². The average Bonchev–Trinajstić information content (AvgIpc) is 3.06. The first-order valence-corrected chi connectivity index (χ1v) is 6.79. The van der Waals surface area contributed by atoms with Gasteiger partial charge in [-0.1, -0.05) is 6.07 Å². The highest BCUT2D eigenvalue weighted by Gasteiger charge is 2.27. The number of rotatable bonds is 2. The lowest BCUT2D eigenvalue weighted by Gasteiger charge is -2.29. The molecule has 3 heterocycles. The zero-order chi connectivity index (χ0) is 13.5. The van der Waals surface area contributed by atoms with Crippen LogP contribution in [0.15, 0.2) is 47.2 Å². The molecule has 21 heavy (non-hydrogen) atoms. The summed E-state index contributed by atoms with van der Waals surface area (Å²) in [7, 11) is 2.08. The summed E-state index contributed by atoms with van der Waals surface area (Å²) in [4.78, 5) is 5.43. The van der Waals surface area contributed by atoms with Gasteiger partial charge in [0.1, 0.15) is 17.6 Å². The van der Waals surface area contributed by atoms with Gasteiger partial charge in [-0.25, -0.2) is 0 Å². The van der Waals surface area contributed by atoms with E-state index in [9.17, 15) is 0 Å². The molecule has 2 aromatic heterocycles. The van der Waals surface area contributed by atoms with E-state index in [4.69, 9.17) is 9.15 Å². The third-order valence-corrected chi connectivity index (χ3v) is 3.84. The maximum Gasteiger partial charge on any atom is 0.140 e. The molecule has 0 aliphatic carbocycles. The largest absolute Gasteiger partial charge is 0.484 e. The summed E-state index contributed by atoms with van der Waals surface area (Å²) >= 11 is 0. The number of hydrogen-bond acceptors (Lipinski definition) is 3. The maximum absolute atomic E-state index is 6.26. The molecule has 0 radical (unpaired) electrons. The molecular formula is C16H17ClN2O2. The molecule has 1 aliphatic rings. The Bertz CT molecular complexity index is 749. The Balaban J connectivity index is 0.00000132. The van der Waals surface area contributed by atoms with E-state index in [1.165, 1.54) is 0 Å². The molecule has 0 fully saturated rings. The normalized spacial score (nSPS) is 18.2. The number of nitrogens with zero attached hydrogens (tertiary/aromatic N) is 1. The van der Waals surface area contributed by atoms with Crippen LogP contribution in [0.4, 0.5) is 0 Å². The molecule has 1 aromatic carbocycles. The smallest absolute Gasteiger partial charge is 0.140 e. The van der Waals surface area contributed by atoms with E-state index in [1.54, 1.807) is 6.26 Å². The number of nitrogens with one attached hydrogen (secondary N) is 1. The molecule has 0 saturated heterocycles. The van der Waals surface area contributed by atoms with E-state index >= 15 is 0 Å². The highest BCUT2D eigenvalue weighted by Crippen LogP contribution is 2.33. The zero-order valence-electron chi connectivity index (χ0n) is 11.7. The number of hydrogen-bond donors (Lipinski definition) is 1. The fraction of sp³-hybridized carbons (Fsp3) is 0.250. The first kappa shape index (κ1) is 14.0. The molecule has 5 heteroatoms. The van der Waals surface area contributed by atoms with Gasteiger partial charge in [-0.2, -0.15) is 0 Å². The first-order chi connectivity index (χ1) is 9.81. The third kappa shape index (κ3) is 2.41. The topological polar surface area (TPSA) is 41.4 Å². The lowest BCUT2D eigenvalue weighted by Crippen LogP contribution is -2.32. The lowest BCUT2D eigenvalue weighted by molar-refractivity contribution is 0.121. The molecule has 4 rings (SSSR count). The number of H-pyrrole nitrogens is 1. The second kappa shape index (κ2) is 5.47. The van der Waals surface area contributed by atoms with Crippen molar-refractivity contribution in [3.8, 4) is 5.75 Å². The van der Waals surface area contributed by atoms with E-state index in [0.29, 0.717) is 0 Å². The van der Waals surface area contributed by atoms with Crippen LogP contribution >= 0.6 is 12.4 Å². The molecule has 1 atom stereocenters. The molecule has 0 bridgehead atoms. The molecular weight excluding hydrogens is 288 g/mol. The van der Waals surface area contributed by atoms with Crippen LogP contribution in [-0.4, -0.2) is 23.5 Å². The Morgan fingerprint density at radius 1 is 1.29 bits per heavy atom. The van der Waals surface area contributed by atoms with Crippen LogP contribution in [-0.2, 0) is 6.54 Å². The van der Waals surface area contributed by atoms with Crippen molar-refractivity contribution in [3.05, 3.63) is 54.1 Å². The van der Waals surface area contributed by atoms with Crippen LogP contribution in [0.25, 0.3) is 10.9 Å². The zero-order valence-corrected chi connectivity index (χ0v) is 12.5. The van der Waals surface area contributed by atoms with E-state index in [1.807, 2.05) is 30.5 Å². The highest BCUT2D eigenvalue weighted by atomic mass is 35.5. The van der Waals surface area contributed by atoms with Gasteiger partial charge in [-0.15, -0.1) is 12.4 Å². The number of fused-ring (bicyclic) bond motifs is 2. The molecule has 4 nitrogen and oxygen atoms in total. The molecule has 0 amide bonds. The van der Waals surface area contributed by atoms with Gasteiger partial charge in [0.05, 0.1) is 12.8 Å². The summed E-state index contributed by atoms with van der Waals surface area (Å²) in [6.07, 6.45) is 3.70. The Hall–Kier alpha value is -1.91.